The Morgan fingerprint density at radius 2 is 0.618 bits per heavy atom. The smallest absolute Gasteiger partial charge is 0.272 e. The number of hydrogen-bond acceptors (Lipinski definition) is 12. The van der Waals surface area contributed by atoms with Crippen LogP contribution in [-0.4, -0.2) is 115 Å². The minimum Gasteiger partial charge on any atom is -0.493 e. The zero-order valence-corrected chi connectivity index (χ0v) is 87.9. The fourth-order valence-corrected chi connectivity index (χ4v) is 28.0. The molecule has 8 bridgehead atoms. The summed E-state index contributed by atoms with van der Waals surface area (Å²) in [6, 6.07) is 39.7. The molecule has 752 valence electrons. The van der Waals surface area contributed by atoms with E-state index in [1.807, 2.05) is 67.6 Å². The molecule has 28 rings (SSSR count). The number of carbonyl (C=O) groups is 4. The molecule has 8 heterocycles. The number of carbonyl (C=O) groups excluding carboxylic acids is 4. The van der Waals surface area contributed by atoms with Crippen LogP contribution >= 0.6 is 85.5 Å². The van der Waals surface area contributed by atoms with Crippen molar-refractivity contribution in [3.63, 3.8) is 0 Å². The van der Waals surface area contributed by atoms with Gasteiger partial charge in [-0.1, -0.05) is 147 Å². The highest BCUT2D eigenvalue weighted by atomic mass is 79.9. The number of nitrogens with zero attached hydrogens (tertiary/aromatic N) is 8. The van der Waals surface area contributed by atoms with Crippen molar-refractivity contribution >= 4 is 109 Å². The van der Waals surface area contributed by atoms with Crippen LogP contribution in [-0.2, 0) is 25.7 Å². The third-order valence-corrected chi connectivity index (χ3v) is 36.9. The van der Waals surface area contributed by atoms with E-state index in [-0.39, 0.29) is 46.4 Å². The number of rotatable bonds is 16. The lowest BCUT2D eigenvalue weighted by Crippen LogP contribution is -2.54. The zero-order valence-electron chi connectivity index (χ0n) is 81.8. The van der Waals surface area contributed by atoms with E-state index in [0.717, 1.165) is 104 Å². The minimum atomic E-state index is -0.767. The second-order valence-corrected chi connectivity index (χ2v) is 47.2. The predicted octanol–water partition coefficient (Wildman–Crippen LogP) is 26.7. The van der Waals surface area contributed by atoms with Crippen LogP contribution < -0.4 is 40.2 Å². The summed E-state index contributed by atoms with van der Waals surface area (Å²) in [4.78, 5) is 54.2. The van der Waals surface area contributed by atoms with Crippen molar-refractivity contribution in [2.45, 2.75) is 165 Å². The van der Waals surface area contributed by atoms with Gasteiger partial charge in [-0.05, 0) is 310 Å². The van der Waals surface area contributed by atoms with E-state index in [0.29, 0.717) is 246 Å². The first kappa shape index (κ1) is 99.6. The lowest BCUT2D eigenvalue weighted by atomic mass is 9.45. The van der Waals surface area contributed by atoms with Crippen LogP contribution in [0.3, 0.4) is 0 Å². The van der Waals surface area contributed by atoms with Crippen LogP contribution in [0.25, 0.3) is 67.8 Å². The van der Waals surface area contributed by atoms with Gasteiger partial charge in [0.25, 0.3) is 23.6 Å². The molecule has 12 unspecified atom stereocenters. The van der Waals surface area contributed by atoms with E-state index >= 15 is 0 Å². The van der Waals surface area contributed by atoms with Gasteiger partial charge in [-0.3, -0.25) is 19.2 Å². The summed E-state index contributed by atoms with van der Waals surface area (Å²) >= 11 is 41.5. The van der Waals surface area contributed by atoms with Crippen LogP contribution in [0.2, 0.25) is 30.1 Å². The average molecular weight is 2140 g/mol. The first-order valence-electron chi connectivity index (χ1n) is 50.4. The Bertz CT molecular complexity index is 6300. The van der Waals surface area contributed by atoms with E-state index in [1.54, 1.807) is 57.9 Å². The fraction of sp³-hybridized carbons (Fsp3) is 0.434. The number of halogens is 11. The van der Waals surface area contributed by atoms with Gasteiger partial charge >= 0.3 is 0 Å². The maximum Gasteiger partial charge on any atom is 0.272 e. The number of amides is 4. The molecule has 4 aliphatic heterocycles. The average Bonchev–Trinajstić information content (AvgIpc) is 1.55. The number of aromatic nitrogens is 8. The fourth-order valence-electron chi connectivity index (χ4n) is 26.4. The normalized spacial score (nSPS) is 23.5. The molecular weight excluding hydrogens is 2020 g/mol. The SMILES string of the molecule is CC1(C)C2CCC(CNC(=O)c3nn(-c4ccc(Cl)cc4Cl)c4c3CCOc3cc(Br)ccc3-4)C1C2.CC1(C)C2CCC(CNC(=O)c3nn(-c4ccc(Cl)cc4Cl)c4c3CCOc3cc(Cl)ccc3-4)C1C2.CC1(C)C2CCC(CNC(=O)c3nn(-c4ccc(F)cc4F)c4c3CCOc3cc(Cl)ccc3-4)C1C2.Cc1ccc2c(c1)OCCc1c(C(=O)NCC3CCC4CC3C4(C)C)nn(-c3ccc(F)cc3F)c1-2. The number of benzene rings is 8. The van der Waals surface area contributed by atoms with E-state index in [2.05, 4.69) is 103 Å². The van der Waals surface area contributed by atoms with Crippen molar-refractivity contribution < 1.29 is 55.7 Å². The molecule has 4 amide bonds. The van der Waals surface area contributed by atoms with Gasteiger partial charge in [-0.2, -0.15) is 20.4 Å². The molecule has 12 aromatic rings. The third kappa shape index (κ3) is 18.4. The van der Waals surface area contributed by atoms with Crippen molar-refractivity contribution in [2.24, 2.45) is 92.7 Å². The van der Waals surface area contributed by atoms with Crippen LogP contribution in [0.5, 0.6) is 23.0 Å². The van der Waals surface area contributed by atoms with E-state index in [4.69, 9.17) is 98.8 Å². The molecule has 12 aliphatic carbocycles. The first-order valence-corrected chi connectivity index (χ1v) is 53.5. The minimum absolute atomic E-state index is 0.0593. The molecule has 16 aliphatic rings. The van der Waals surface area contributed by atoms with Gasteiger partial charge in [0.1, 0.15) is 46.0 Å². The lowest BCUT2D eigenvalue weighted by molar-refractivity contribution is -0.103. The maximum atomic E-state index is 14.9. The summed E-state index contributed by atoms with van der Waals surface area (Å²) in [6.45, 7) is 25.0. The summed E-state index contributed by atoms with van der Waals surface area (Å²) < 4.78 is 88.6. The topological polar surface area (TPSA) is 225 Å². The van der Waals surface area contributed by atoms with Crippen LogP contribution in [0, 0.1) is 123 Å². The highest BCUT2D eigenvalue weighted by Gasteiger charge is 2.58. The zero-order chi connectivity index (χ0) is 101. The van der Waals surface area contributed by atoms with Gasteiger partial charge in [-0.15, -0.1) is 0 Å². The quantitative estimate of drug-likeness (QED) is 0.0663. The third-order valence-electron chi connectivity index (χ3n) is 34.9. The van der Waals surface area contributed by atoms with Crippen molar-refractivity contribution in [1.29, 1.82) is 0 Å². The standard InChI is InChI=1S/C29H31F2N3O2.C28H28BrCl2N3O2.C28H28Cl3N3O2.C28H28ClF2N3O2/c1-16-4-8-20-25(12-16)36-11-10-21-26(33-34(27(20)21)24-9-7-19(30)14-23(24)31)28(35)32-15-17-5-6-18-13-22(17)29(18,2)3;1-28(2)16-4-3-15(21(28)11-16)14-32-27(35)25-20-9-10-36-24-12-17(29)5-7-19(24)26(20)34(33-25)23-8-6-18(30)13-22(23)31;1-28(2)16-4-3-15(21(28)11-16)14-32-27(35)25-20-9-10-36-24-13-18(30)5-7-19(24)26(20)34(33-25)23-8-6-17(29)12-22(23)31;1-28(2)16-4-3-15(21(28)11-16)14-32-27(35)25-20-9-10-36-24-12-17(29)5-7-19(24)26(20)34(33-25)23-8-6-18(30)13-22(23)31/h4,7-9,12,14,17-18,22H,5-6,10-11,13,15H2,1-3H3,(H,32,35);3*5-8,12-13,15-16,21H,3-4,9-11,14H2,1-2H3,(H,32,35). The molecule has 20 nitrogen and oxygen atoms in total. The summed E-state index contributed by atoms with van der Waals surface area (Å²) in [5, 5.41) is 34.7. The Morgan fingerprint density at radius 1 is 0.347 bits per heavy atom. The predicted molar refractivity (Wildman–Crippen MR) is 557 cm³/mol. The molecule has 12 fully saturated rings. The van der Waals surface area contributed by atoms with Crippen LogP contribution in [0.1, 0.15) is 202 Å². The Hall–Kier alpha value is -10.4. The van der Waals surface area contributed by atoms with E-state index in [9.17, 15) is 36.7 Å². The van der Waals surface area contributed by atoms with Crippen molar-refractivity contribution in [1.82, 2.24) is 60.4 Å². The summed E-state index contributed by atoms with van der Waals surface area (Å²) in [5.41, 5.74) is 14.2. The second-order valence-electron chi connectivity index (χ2n) is 43.7. The summed E-state index contributed by atoms with van der Waals surface area (Å²) in [6.07, 6.45) is 16.5. The molecule has 144 heavy (non-hydrogen) atoms. The first-order chi connectivity index (χ1) is 68.9. The van der Waals surface area contributed by atoms with Crippen molar-refractivity contribution in [2.75, 3.05) is 52.6 Å². The lowest BCUT2D eigenvalue weighted by Gasteiger charge is -2.60. The molecule has 0 radical (unpaired) electrons. The van der Waals surface area contributed by atoms with Crippen molar-refractivity contribution in [3.8, 4) is 90.8 Å². The molecule has 4 N–H and O–H groups in total. The molecule has 12 saturated carbocycles. The van der Waals surface area contributed by atoms with Crippen LogP contribution in [0.4, 0.5) is 17.6 Å². The van der Waals surface area contributed by atoms with Crippen molar-refractivity contribution in [3.05, 3.63) is 254 Å². The van der Waals surface area contributed by atoms with Gasteiger partial charge in [0.15, 0.2) is 34.4 Å². The van der Waals surface area contributed by atoms with Gasteiger partial charge in [0.05, 0.1) is 70.6 Å². The molecular formula is C113H115BrCl6F4N12O8. The van der Waals surface area contributed by atoms with Gasteiger partial charge in [-0.25, -0.2) is 36.3 Å². The molecule has 4 aromatic heterocycles. The van der Waals surface area contributed by atoms with E-state index in [1.165, 1.54) is 97.8 Å². The number of hydrogen-bond donors (Lipinski definition) is 4. The largest absolute Gasteiger partial charge is 0.493 e. The monoisotopic (exact) mass is 2130 g/mol. The van der Waals surface area contributed by atoms with Gasteiger partial charge in [0.2, 0.25) is 0 Å². The maximum absolute atomic E-state index is 14.9. The Morgan fingerprint density at radius 3 is 0.917 bits per heavy atom. The second kappa shape index (κ2) is 39.4. The molecule has 8 aromatic carbocycles. The highest BCUT2D eigenvalue weighted by molar-refractivity contribution is 9.10. The molecule has 0 saturated heterocycles. The number of aryl methyl sites for hydroxylation is 1. The van der Waals surface area contributed by atoms with Gasteiger partial charge < -0.3 is 40.2 Å². The molecule has 31 heteroatoms. The number of nitrogens with one attached hydrogen (secondary N) is 4. The van der Waals surface area contributed by atoms with E-state index < -0.39 is 23.3 Å². The highest BCUT2D eigenvalue weighted by Crippen LogP contribution is 2.65. The number of ether oxygens (including phenoxy) is 4. The van der Waals surface area contributed by atoms with Crippen LogP contribution in [0.15, 0.2) is 150 Å². The molecule has 12 atom stereocenters. The Labute approximate surface area is 873 Å². The van der Waals surface area contributed by atoms with Gasteiger partial charge in [0, 0.05) is 133 Å². The molecule has 0 spiro atoms. The summed E-state index contributed by atoms with van der Waals surface area (Å²) in [5.74, 6) is 6.65. The Balaban J connectivity index is 0.000000113. The summed E-state index contributed by atoms with van der Waals surface area (Å²) in [7, 11) is 0. The Kier molecular flexibility index (Phi) is 27.2. The number of fused-ring (bicyclic) bond motifs is 20.